The lowest BCUT2D eigenvalue weighted by molar-refractivity contribution is -0.130. The molecule has 6 nitrogen and oxygen atoms in total. The molecular weight excluding hydrogens is 378 g/mol. The van der Waals surface area contributed by atoms with Crippen LogP contribution in [0.15, 0.2) is 30.5 Å². The van der Waals surface area contributed by atoms with Crippen molar-refractivity contribution in [2.45, 2.75) is 58.9 Å². The average molecular weight is 412 g/mol. The lowest BCUT2D eigenvalue weighted by atomic mass is 10.1. The van der Waals surface area contributed by atoms with Gasteiger partial charge in [0.15, 0.2) is 0 Å². The Labute approximate surface area is 178 Å². The fourth-order valence-electron chi connectivity index (χ4n) is 4.04. The molecule has 0 saturated carbocycles. The number of benzene rings is 1. The molecule has 0 atom stereocenters. The van der Waals surface area contributed by atoms with Crippen LogP contribution in [0, 0.1) is 0 Å². The molecule has 0 N–H and O–H groups in total. The van der Waals surface area contributed by atoms with E-state index in [4.69, 9.17) is 0 Å². The van der Waals surface area contributed by atoms with Crippen LogP contribution in [0.5, 0.6) is 0 Å². The predicted octanol–water partition coefficient (Wildman–Crippen LogP) is 3.88. The van der Waals surface area contributed by atoms with E-state index in [0.717, 1.165) is 62.5 Å². The highest BCUT2D eigenvalue weighted by Crippen LogP contribution is 2.23. The Morgan fingerprint density at radius 2 is 1.60 bits per heavy atom. The number of carbonyl (C=O) groups is 3. The van der Waals surface area contributed by atoms with Crippen LogP contribution >= 0.6 is 0 Å². The third kappa shape index (κ3) is 4.91. The molecule has 2 heterocycles. The highest BCUT2D eigenvalue weighted by Gasteiger charge is 2.27. The molecule has 1 aromatic carbocycles. The number of carbonyl (C=O) groups excluding carboxylic acids is 3. The highest BCUT2D eigenvalue weighted by atomic mass is 16.2. The number of unbranched alkanes of at least 4 members (excludes halogenated alkanes) is 2. The molecule has 30 heavy (non-hydrogen) atoms. The first-order chi connectivity index (χ1) is 14.6. The van der Waals surface area contributed by atoms with E-state index in [-0.39, 0.29) is 12.5 Å². The van der Waals surface area contributed by atoms with Crippen LogP contribution in [-0.4, -0.2) is 58.1 Å². The van der Waals surface area contributed by atoms with Gasteiger partial charge in [-0.15, -0.1) is 0 Å². The van der Waals surface area contributed by atoms with Gasteiger partial charge < -0.3 is 14.4 Å². The molecule has 0 aliphatic carbocycles. The van der Waals surface area contributed by atoms with Gasteiger partial charge in [0.25, 0.3) is 11.7 Å². The van der Waals surface area contributed by atoms with Crippen LogP contribution in [0.2, 0.25) is 0 Å². The summed E-state index contributed by atoms with van der Waals surface area (Å²) < 4.78 is 1.82. The summed E-state index contributed by atoms with van der Waals surface area (Å²) in [7, 11) is 0. The van der Waals surface area contributed by atoms with Gasteiger partial charge in [0.05, 0.1) is 5.56 Å². The SMILES string of the molecule is CCCCN(CCCC)C(=O)C(=O)c1cn(CC(=O)N2CCCC2)c2ccccc12. The number of hydrogen-bond donors (Lipinski definition) is 0. The Balaban J connectivity index is 1.86. The molecule has 1 aliphatic heterocycles. The Kier molecular flexibility index (Phi) is 7.66. The topological polar surface area (TPSA) is 62.6 Å². The maximum Gasteiger partial charge on any atom is 0.295 e. The summed E-state index contributed by atoms with van der Waals surface area (Å²) in [6.45, 7) is 7.15. The third-order valence-corrected chi connectivity index (χ3v) is 5.84. The summed E-state index contributed by atoms with van der Waals surface area (Å²) in [5.74, 6) is -0.859. The van der Waals surface area contributed by atoms with Gasteiger partial charge in [0.2, 0.25) is 5.91 Å². The average Bonchev–Trinajstić information content (AvgIpc) is 3.42. The third-order valence-electron chi connectivity index (χ3n) is 5.84. The number of Topliss-reactive ketones (excluding diaryl/α,β-unsaturated/α-hetero) is 1. The number of aromatic nitrogens is 1. The fourth-order valence-corrected chi connectivity index (χ4v) is 4.04. The van der Waals surface area contributed by atoms with Crippen LogP contribution < -0.4 is 0 Å². The number of para-hydroxylation sites is 1. The van der Waals surface area contributed by atoms with Gasteiger partial charge in [-0.05, 0) is 31.7 Å². The van der Waals surface area contributed by atoms with Gasteiger partial charge in [-0.2, -0.15) is 0 Å². The molecule has 3 rings (SSSR count). The van der Waals surface area contributed by atoms with E-state index in [9.17, 15) is 14.4 Å². The first kappa shape index (κ1) is 22.1. The molecule has 6 heteroatoms. The Bertz CT molecular complexity index is 888. The molecule has 0 radical (unpaired) electrons. The molecule has 1 saturated heterocycles. The van der Waals surface area contributed by atoms with E-state index in [1.807, 2.05) is 33.7 Å². The second-order valence-corrected chi connectivity index (χ2v) is 8.10. The Morgan fingerprint density at radius 3 is 2.23 bits per heavy atom. The molecule has 0 spiro atoms. The van der Waals surface area contributed by atoms with E-state index < -0.39 is 11.7 Å². The highest BCUT2D eigenvalue weighted by molar-refractivity contribution is 6.44. The van der Waals surface area contributed by atoms with Crippen LogP contribution in [0.3, 0.4) is 0 Å². The van der Waals surface area contributed by atoms with Crippen molar-refractivity contribution in [3.63, 3.8) is 0 Å². The minimum atomic E-state index is -0.481. The smallest absolute Gasteiger partial charge is 0.295 e. The number of rotatable bonds is 10. The first-order valence-corrected chi connectivity index (χ1v) is 11.3. The molecule has 1 fully saturated rings. The van der Waals surface area contributed by atoms with Gasteiger partial charge >= 0.3 is 0 Å². The molecule has 2 amide bonds. The van der Waals surface area contributed by atoms with Crippen molar-refractivity contribution < 1.29 is 14.4 Å². The number of fused-ring (bicyclic) bond motifs is 1. The second kappa shape index (κ2) is 10.4. The Hall–Kier alpha value is -2.63. The normalized spacial score (nSPS) is 13.7. The second-order valence-electron chi connectivity index (χ2n) is 8.10. The van der Waals surface area contributed by atoms with Crippen molar-refractivity contribution in [3.8, 4) is 0 Å². The van der Waals surface area contributed by atoms with Gasteiger partial charge in [0.1, 0.15) is 6.54 Å². The van der Waals surface area contributed by atoms with E-state index in [1.165, 1.54) is 0 Å². The lowest BCUT2D eigenvalue weighted by Gasteiger charge is -2.21. The van der Waals surface area contributed by atoms with E-state index >= 15 is 0 Å². The van der Waals surface area contributed by atoms with Crippen molar-refractivity contribution in [2.75, 3.05) is 26.2 Å². The van der Waals surface area contributed by atoms with Crippen molar-refractivity contribution in [2.24, 2.45) is 0 Å². The predicted molar refractivity (Wildman–Crippen MR) is 118 cm³/mol. The number of ketones is 1. The summed E-state index contributed by atoms with van der Waals surface area (Å²) >= 11 is 0. The van der Waals surface area contributed by atoms with Crippen LogP contribution in [0.1, 0.15) is 62.7 Å². The number of likely N-dealkylation sites (tertiary alicyclic amines) is 1. The standard InChI is InChI=1S/C24H33N3O3/c1-3-5-13-26(14-6-4-2)24(30)23(29)20-17-27(21-12-8-7-11-19(20)21)18-22(28)25-15-9-10-16-25/h7-8,11-12,17H,3-6,9-10,13-16,18H2,1-2H3. The van der Waals surface area contributed by atoms with Crippen LogP contribution in [0.25, 0.3) is 10.9 Å². The van der Waals surface area contributed by atoms with Gasteiger partial charge in [-0.25, -0.2) is 0 Å². The van der Waals surface area contributed by atoms with Crippen molar-refractivity contribution in [1.29, 1.82) is 0 Å². The lowest BCUT2D eigenvalue weighted by Crippen LogP contribution is -2.38. The molecule has 0 unspecified atom stereocenters. The zero-order valence-corrected chi connectivity index (χ0v) is 18.2. The quantitative estimate of drug-likeness (QED) is 0.440. The summed E-state index contributed by atoms with van der Waals surface area (Å²) in [6, 6.07) is 7.51. The minimum absolute atomic E-state index is 0.0612. The number of hydrogen-bond acceptors (Lipinski definition) is 3. The molecule has 1 aromatic heterocycles. The number of amides is 2. The molecule has 162 valence electrons. The molecule has 2 aromatic rings. The molecular formula is C24H33N3O3. The fraction of sp³-hybridized carbons (Fsp3) is 0.542. The number of nitrogens with zero attached hydrogens (tertiary/aromatic N) is 3. The van der Waals surface area contributed by atoms with Crippen molar-refractivity contribution in [1.82, 2.24) is 14.4 Å². The van der Waals surface area contributed by atoms with Crippen LogP contribution in [0.4, 0.5) is 0 Å². The minimum Gasteiger partial charge on any atom is -0.341 e. The van der Waals surface area contributed by atoms with E-state index in [0.29, 0.717) is 18.7 Å². The van der Waals surface area contributed by atoms with Gasteiger partial charge in [-0.1, -0.05) is 44.9 Å². The summed E-state index contributed by atoms with van der Waals surface area (Å²) in [5, 5.41) is 0.732. The van der Waals surface area contributed by atoms with Crippen molar-refractivity contribution in [3.05, 3.63) is 36.0 Å². The van der Waals surface area contributed by atoms with Gasteiger partial charge in [0, 0.05) is 43.3 Å². The maximum atomic E-state index is 13.2. The first-order valence-electron chi connectivity index (χ1n) is 11.3. The maximum absolute atomic E-state index is 13.2. The van der Waals surface area contributed by atoms with Crippen LogP contribution in [-0.2, 0) is 16.1 Å². The zero-order chi connectivity index (χ0) is 21.5. The van der Waals surface area contributed by atoms with E-state index in [2.05, 4.69) is 13.8 Å². The Morgan fingerprint density at radius 1 is 0.967 bits per heavy atom. The molecule has 1 aliphatic rings. The summed E-state index contributed by atoms with van der Waals surface area (Å²) in [5.41, 5.74) is 1.21. The monoisotopic (exact) mass is 411 g/mol. The zero-order valence-electron chi connectivity index (χ0n) is 18.2. The van der Waals surface area contributed by atoms with Crippen molar-refractivity contribution >= 4 is 28.5 Å². The van der Waals surface area contributed by atoms with Gasteiger partial charge in [-0.3, -0.25) is 14.4 Å². The van der Waals surface area contributed by atoms with E-state index in [1.54, 1.807) is 11.1 Å². The summed E-state index contributed by atoms with van der Waals surface area (Å²) in [4.78, 5) is 42.4. The summed E-state index contributed by atoms with van der Waals surface area (Å²) in [6.07, 6.45) is 7.49. The molecule has 0 bridgehead atoms. The largest absolute Gasteiger partial charge is 0.341 e.